The molecule has 0 aliphatic carbocycles. The number of methoxy groups -OCH3 is 1. The number of ether oxygens (including phenoxy) is 1. The quantitative estimate of drug-likeness (QED) is 0.695. The van der Waals surface area contributed by atoms with Crippen LogP contribution >= 0.6 is 0 Å². The van der Waals surface area contributed by atoms with Gasteiger partial charge in [-0.1, -0.05) is 30.3 Å². The Labute approximate surface area is 181 Å². The van der Waals surface area contributed by atoms with E-state index >= 15 is 0 Å². The Bertz CT molecular complexity index is 1070. The van der Waals surface area contributed by atoms with Crippen molar-refractivity contribution in [1.82, 2.24) is 15.2 Å². The van der Waals surface area contributed by atoms with Crippen LogP contribution in [0.4, 0.5) is 0 Å². The summed E-state index contributed by atoms with van der Waals surface area (Å²) >= 11 is 0. The number of amides is 2. The molecular weight excluding hydrogens is 390 g/mol. The van der Waals surface area contributed by atoms with Gasteiger partial charge in [0.2, 0.25) is 5.91 Å². The lowest BCUT2D eigenvalue weighted by Crippen LogP contribution is -2.37. The molecule has 1 unspecified atom stereocenters. The number of rotatable bonds is 5. The SMILES string of the molecule is COc1cccc(C(=O)N2CCNC(=O)C(Cc3ccccc3-c3ccncc3)C2)c1. The van der Waals surface area contributed by atoms with Crippen molar-refractivity contribution >= 4 is 11.8 Å². The summed E-state index contributed by atoms with van der Waals surface area (Å²) in [6.07, 6.45) is 4.07. The molecule has 0 bridgehead atoms. The Balaban J connectivity index is 1.57. The molecule has 1 atom stereocenters. The van der Waals surface area contributed by atoms with E-state index in [0.29, 0.717) is 37.4 Å². The molecule has 6 heteroatoms. The van der Waals surface area contributed by atoms with Crippen LogP contribution in [0.1, 0.15) is 15.9 Å². The van der Waals surface area contributed by atoms with Crippen molar-refractivity contribution in [3.05, 3.63) is 84.2 Å². The molecule has 0 saturated carbocycles. The fourth-order valence-electron chi connectivity index (χ4n) is 3.96. The first-order valence-corrected chi connectivity index (χ1v) is 10.3. The zero-order valence-electron chi connectivity index (χ0n) is 17.5. The molecule has 1 fully saturated rings. The molecular formula is C25H25N3O3. The first-order valence-electron chi connectivity index (χ1n) is 10.3. The van der Waals surface area contributed by atoms with Gasteiger partial charge in [-0.05, 0) is 53.4 Å². The molecule has 2 aromatic carbocycles. The van der Waals surface area contributed by atoms with E-state index in [1.54, 1.807) is 42.6 Å². The predicted octanol–water partition coefficient (Wildman–Crippen LogP) is 3.19. The first-order chi connectivity index (χ1) is 15.2. The molecule has 2 heterocycles. The van der Waals surface area contributed by atoms with Gasteiger partial charge in [0.15, 0.2) is 0 Å². The second-order valence-corrected chi connectivity index (χ2v) is 7.57. The lowest BCUT2D eigenvalue weighted by Gasteiger charge is -2.24. The van der Waals surface area contributed by atoms with Crippen LogP contribution in [-0.2, 0) is 11.2 Å². The molecule has 31 heavy (non-hydrogen) atoms. The molecule has 1 aliphatic heterocycles. The van der Waals surface area contributed by atoms with Gasteiger partial charge >= 0.3 is 0 Å². The molecule has 1 aromatic heterocycles. The molecule has 2 amide bonds. The molecule has 6 nitrogen and oxygen atoms in total. The van der Waals surface area contributed by atoms with Gasteiger partial charge in [-0.3, -0.25) is 14.6 Å². The van der Waals surface area contributed by atoms with E-state index in [2.05, 4.69) is 16.4 Å². The minimum absolute atomic E-state index is 0.0227. The largest absolute Gasteiger partial charge is 0.497 e. The van der Waals surface area contributed by atoms with Crippen LogP contribution in [-0.4, -0.2) is 48.4 Å². The summed E-state index contributed by atoms with van der Waals surface area (Å²) in [5.41, 5.74) is 3.77. The van der Waals surface area contributed by atoms with Crippen molar-refractivity contribution in [2.45, 2.75) is 6.42 Å². The third-order valence-electron chi connectivity index (χ3n) is 5.57. The number of aromatic nitrogens is 1. The summed E-state index contributed by atoms with van der Waals surface area (Å²) in [5.74, 6) is 0.186. The van der Waals surface area contributed by atoms with Crippen LogP contribution in [0.3, 0.4) is 0 Å². The van der Waals surface area contributed by atoms with Crippen LogP contribution in [0, 0.1) is 5.92 Å². The van der Waals surface area contributed by atoms with Crippen LogP contribution in [0.2, 0.25) is 0 Å². The summed E-state index contributed by atoms with van der Waals surface area (Å²) in [4.78, 5) is 31.8. The maximum absolute atomic E-state index is 13.1. The van der Waals surface area contributed by atoms with Crippen molar-refractivity contribution in [3.8, 4) is 16.9 Å². The average Bonchev–Trinajstić information content (AvgIpc) is 3.01. The fourth-order valence-corrected chi connectivity index (χ4v) is 3.96. The lowest BCUT2D eigenvalue weighted by molar-refractivity contribution is -0.124. The third kappa shape index (κ3) is 4.74. The Morgan fingerprint density at radius 3 is 2.74 bits per heavy atom. The highest BCUT2D eigenvalue weighted by molar-refractivity contribution is 5.95. The third-order valence-corrected chi connectivity index (χ3v) is 5.57. The van der Waals surface area contributed by atoms with Gasteiger partial charge in [-0.25, -0.2) is 0 Å². The molecule has 4 rings (SSSR count). The van der Waals surface area contributed by atoms with Crippen molar-refractivity contribution in [2.75, 3.05) is 26.7 Å². The van der Waals surface area contributed by atoms with E-state index < -0.39 is 0 Å². The van der Waals surface area contributed by atoms with Gasteiger partial charge in [-0.2, -0.15) is 0 Å². The average molecular weight is 415 g/mol. The van der Waals surface area contributed by atoms with Gasteiger partial charge in [0.1, 0.15) is 5.75 Å². The van der Waals surface area contributed by atoms with Crippen molar-refractivity contribution in [1.29, 1.82) is 0 Å². The molecule has 158 valence electrons. The lowest BCUT2D eigenvalue weighted by atomic mass is 9.91. The summed E-state index contributed by atoms with van der Waals surface area (Å²) in [6.45, 7) is 1.29. The van der Waals surface area contributed by atoms with Crippen LogP contribution < -0.4 is 10.1 Å². The van der Waals surface area contributed by atoms with Gasteiger partial charge in [0.25, 0.3) is 5.91 Å². The monoisotopic (exact) mass is 415 g/mol. The Hall–Kier alpha value is -3.67. The smallest absolute Gasteiger partial charge is 0.254 e. The maximum atomic E-state index is 13.1. The van der Waals surface area contributed by atoms with Gasteiger partial charge in [0, 0.05) is 37.6 Å². The van der Waals surface area contributed by atoms with Gasteiger partial charge < -0.3 is 15.0 Å². The number of nitrogens with zero attached hydrogens (tertiary/aromatic N) is 2. The summed E-state index contributed by atoms with van der Waals surface area (Å²) in [7, 11) is 1.58. The minimum Gasteiger partial charge on any atom is -0.497 e. The highest BCUT2D eigenvalue weighted by Crippen LogP contribution is 2.26. The van der Waals surface area contributed by atoms with Crippen LogP contribution in [0.25, 0.3) is 11.1 Å². The minimum atomic E-state index is -0.333. The molecule has 1 aliphatic rings. The van der Waals surface area contributed by atoms with Crippen molar-refractivity contribution < 1.29 is 14.3 Å². The number of pyridine rings is 1. The maximum Gasteiger partial charge on any atom is 0.254 e. The summed E-state index contributed by atoms with van der Waals surface area (Å²) in [6, 6.07) is 19.1. The highest BCUT2D eigenvalue weighted by Gasteiger charge is 2.29. The van der Waals surface area contributed by atoms with E-state index in [1.807, 2.05) is 36.4 Å². The molecule has 0 radical (unpaired) electrons. The van der Waals surface area contributed by atoms with E-state index in [0.717, 1.165) is 16.7 Å². The summed E-state index contributed by atoms with van der Waals surface area (Å²) in [5, 5.41) is 2.97. The van der Waals surface area contributed by atoms with E-state index in [4.69, 9.17) is 4.74 Å². The van der Waals surface area contributed by atoms with E-state index in [9.17, 15) is 9.59 Å². The Kier molecular flexibility index (Phi) is 6.26. The number of nitrogens with one attached hydrogen (secondary N) is 1. The number of hydrogen-bond donors (Lipinski definition) is 1. The van der Waals surface area contributed by atoms with Gasteiger partial charge in [0.05, 0.1) is 13.0 Å². The number of carbonyl (C=O) groups is 2. The number of hydrogen-bond acceptors (Lipinski definition) is 4. The summed E-state index contributed by atoms with van der Waals surface area (Å²) < 4.78 is 5.25. The standard InChI is InChI=1S/C25H25N3O3/c1-31-22-7-4-6-20(16-22)25(30)28-14-13-27-24(29)21(17-28)15-19-5-2-3-8-23(19)18-9-11-26-12-10-18/h2-12,16,21H,13-15,17H2,1H3,(H,27,29). The van der Waals surface area contributed by atoms with Crippen molar-refractivity contribution in [2.24, 2.45) is 5.92 Å². The second kappa shape index (κ2) is 9.43. The van der Waals surface area contributed by atoms with Crippen LogP contribution in [0.5, 0.6) is 5.75 Å². The number of carbonyl (C=O) groups excluding carboxylic acids is 2. The predicted molar refractivity (Wildman–Crippen MR) is 119 cm³/mol. The molecule has 1 saturated heterocycles. The topological polar surface area (TPSA) is 71.5 Å². The molecule has 0 spiro atoms. The zero-order chi connectivity index (χ0) is 21.6. The second-order valence-electron chi connectivity index (χ2n) is 7.57. The first kappa shape index (κ1) is 20.6. The molecule has 3 aromatic rings. The zero-order valence-corrected chi connectivity index (χ0v) is 17.5. The van der Waals surface area contributed by atoms with E-state index in [1.165, 1.54) is 0 Å². The number of benzene rings is 2. The Morgan fingerprint density at radius 2 is 1.94 bits per heavy atom. The normalized spacial score (nSPS) is 16.4. The van der Waals surface area contributed by atoms with E-state index in [-0.39, 0.29) is 17.7 Å². The van der Waals surface area contributed by atoms with Crippen molar-refractivity contribution in [3.63, 3.8) is 0 Å². The van der Waals surface area contributed by atoms with Gasteiger partial charge in [-0.15, -0.1) is 0 Å². The highest BCUT2D eigenvalue weighted by atomic mass is 16.5. The Morgan fingerprint density at radius 1 is 1.13 bits per heavy atom. The molecule has 1 N–H and O–H groups in total. The van der Waals surface area contributed by atoms with Crippen LogP contribution in [0.15, 0.2) is 73.1 Å². The fraction of sp³-hybridized carbons (Fsp3) is 0.240.